The molecule has 1 amide bonds. The Hall–Kier alpha value is -2.56. The van der Waals surface area contributed by atoms with Crippen LogP contribution < -0.4 is 14.8 Å². The SMILES string of the molecule is COc1cc(C)c(CN(C)CC(=O)Nc2sc3c(c2C#N)CC[C@@H](C)C3)cc1OC. The predicted octanol–water partition coefficient (Wildman–Crippen LogP) is 4.14. The van der Waals surface area contributed by atoms with Crippen molar-refractivity contribution in [3.63, 3.8) is 0 Å². The molecule has 0 bridgehead atoms. The van der Waals surface area contributed by atoms with Gasteiger partial charge < -0.3 is 14.8 Å². The summed E-state index contributed by atoms with van der Waals surface area (Å²) in [6.45, 7) is 5.08. The predicted molar refractivity (Wildman–Crippen MR) is 119 cm³/mol. The largest absolute Gasteiger partial charge is 0.493 e. The van der Waals surface area contributed by atoms with Gasteiger partial charge in [0.05, 0.1) is 26.3 Å². The first-order valence-corrected chi connectivity index (χ1v) is 10.9. The minimum absolute atomic E-state index is 0.112. The van der Waals surface area contributed by atoms with Crippen LogP contribution >= 0.6 is 11.3 Å². The van der Waals surface area contributed by atoms with Gasteiger partial charge in [-0.05, 0) is 68.0 Å². The Balaban J connectivity index is 1.67. The number of benzene rings is 1. The molecule has 0 spiro atoms. The fourth-order valence-electron chi connectivity index (χ4n) is 3.91. The minimum atomic E-state index is -0.112. The summed E-state index contributed by atoms with van der Waals surface area (Å²) in [5.74, 6) is 1.88. The van der Waals surface area contributed by atoms with E-state index in [0.29, 0.717) is 34.5 Å². The standard InChI is InChI=1S/C23H29N3O3S/c1-14-6-7-17-18(11-24)23(30-21(17)8-14)25-22(27)13-26(3)12-16-10-20(29-5)19(28-4)9-15(16)2/h9-10,14H,6-8,12-13H2,1-5H3,(H,25,27)/t14-/m1/s1. The molecule has 1 aliphatic rings. The zero-order valence-corrected chi connectivity index (χ0v) is 19.1. The van der Waals surface area contributed by atoms with E-state index in [-0.39, 0.29) is 12.5 Å². The number of anilines is 1. The molecule has 6 nitrogen and oxygen atoms in total. The van der Waals surface area contributed by atoms with Gasteiger partial charge in [-0.2, -0.15) is 5.26 Å². The van der Waals surface area contributed by atoms with Crippen LogP contribution in [-0.2, 0) is 24.2 Å². The van der Waals surface area contributed by atoms with Crippen molar-refractivity contribution in [2.24, 2.45) is 5.92 Å². The number of ether oxygens (including phenoxy) is 2. The summed E-state index contributed by atoms with van der Waals surface area (Å²) in [5, 5.41) is 13.3. The van der Waals surface area contributed by atoms with Crippen LogP contribution in [0.25, 0.3) is 0 Å². The number of likely N-dealkylation sites (N-methyl/N-ethyl adjacent to an activating group) is 1. The van der Waals surface area contributed by atoms with Crippen molar-refractivity contribution in [3.05, 3.63) is 39.3 Å². The topological polar surface area (TPSA) is 74.6 Å². The van der Waals surface area contributed by atoms with Gasteiger partial charge in [0.1, 0.15) is 11.1 Å². The number of fused-ring (bicyclic) bond motifs is 1. The van der Waals surface area contributed by atoms with Crippen LogP contribution in [0.15, 0.2) is 12.1 Å². The lowest BCUT2D eigenvalue weighted by atomic mass is 9.89. The third-order valence-corrected chi connectivity index (χ3v) is 6.74. The van der Waals surface area contributed by atoms with E-state index in [2.05, 4.69) is 18.3 Å². The van der Waals surface area contributed by atoms with Gasteiger partial charge in [0, 0.05) is 11.4 Å². The molecule has 0 unspecified atom stereocenters. The molecular weight excluding hydrogens is 398 g/mol. The smallest absolute Gasteiger partial charge is 0.239 e. The Bertz CT molecular complexity index is 977. The van der Waals surface area contributed by atoms with Gasteiger partial charge in [0.15, 0.2) is 11.5 Å². The van der Waals surface area contributed by atoms with Crippen LogP contribution in [0.5, 0.6) is 11.5 Å². The van der Waals surface area contributed by atoms with E-state index in [0.717, 1.165) is 36.0 Å². The van der Waals surface area contributed by atoms with Crippen molar-refractivity contribution < 1.29 is 14.3 Å². The summed E-state index contributed by atoms with van der Waals surface area (Å²) in [7, 11) is 5.14. The molecule has 1 atom stereocenters. The van der Waals surface area contributed by atoms with Gasteiger partial charge in [-0.15, -0.1) is 11.3 Å². The number of rotatable bonds is 7. The highest BCUT2D eigenvalue weighted by Crippen LogP contribution is 2.39. The lowest BCUT2D eigenvalue weighted by molar-refractivity contribution is -0.117. The van der Waals surface area contributed by atoms with Crippen molar-refractivity contribution in [2.75, 3.05) is 33.1 Å². The second-order valence-electron chi connectivity index (χ2n) is 8.02. The molecule has 0 saturated heterocycles. The van der Waals surface area contributed by atoms with Gasteiger partial charge in [0.25, 0.3) is 0 Å². The fraction of sp³-hybridized carbons (Fsp3) is 0.478. The molecule has 0 radical (unpaired) electrons. The monoisotopic (exact) mass is 427 g/mol. The number of hydrogen-bond acceptors (Lipinski definition) is 6. The van der Waals surface area contributed by atoms with Gasteiger partial charge in [-0.1, -0.05) is 6.92 Å². The molecule has 1 N–H and O–H groups in total. The molecule has 1 aliphatic carbocycles. The van der Waals surface area contributed by atoms with E-state index < -0.39 is 0 Å². The summed E-state index contributed by atoms with van der Waals surface area (Å²) in [6.07, 6.45) is 3.01. The number of nitrogens with zero attached hydrogens (tertiary/aromatic N) is 2. The molecule has 30 heavy (non-hydrogen) atoms. The Morgan fingerprint density at radius 3 is 2.70 bits per heavy atom. The lowest BCUT2D eigenvalue weighted by Crippen LogP contribution is -2.30. The molecule has 0 aliphatic heterocycles. The molecule has 7 heteroatoms. The normalized spacial score (nSPS) is 15.4. The van der Waals surface area contributed by atoms with Crippen LogP contribution in [0.2, 0.25) is 0 Å². The number of carbonyl (C=O) groups is 1. The van der Waals surface area contributed by atoms with E-state index in [1.165, 1.54) is 4.88 Å². The number of amides is 1. The average Bonchev–Trinajstić information content (AvgIpc) is 3.04. The zero-order valence-electron chi connectivity index (χ0n) is 18.3. The van der Waals surface area contributed by atoms with Gasteiger partial charge in [0.2, 0.25) is 5.91 Å². The summed E-state index contributed by atoms with van der Waals surface area (Å²) in [4.78, 5) is 15.9. The maximum atomic E-state index is 12.7. The number of thiophene rings is 1. The summed E-state index contributed by atoms with van der Waals surface area (Å²) in [5.41, 5.74) is 3.92. The minimum Gasteiger partial charge on any atom is -0.493 e. The number of nitriles is 1. The van der Waals surface area contributed by atoms with Crippen molar-refractivity contribution in [3.8, 4) is 17.6 Å². The second kappa shape index (κ2) is 9.50. The Morgan fingerprint density at radius 1 is 1.33 bits per heavy atom. The molecule has 0 fully saturated rings. The lowest BCUT2D eigenvalue weighted by Gasteiger charge is -2.19. The Kier molecular flexibility index (Phi) is 7.01. The van der Waals surface area contributed by atoms with Crippen LogP contribution in [-0.4, -0.2) is 38.6 Å². The van der Waals surface area contributed by atoms with Crippen LogP contribution in [0, 0.1) is 24.2 Å². The van der Waals surface area contributed by atoms with Gasteiger partial charge >= 0.3 is 0 Å². The summed E-state index contributed by atoms with van der Waals surface area (Å²) < 4.78 is 10.7. The molecule has 2 aromatic rings. The zero-order chi connectivity index (χ0) is 21.8. The van der Waals surface area contributed by atoms with E-state index in [1.807, 2.05) is 31.0 Å². The Labute approximate surface area is 182 Å². The second-order valence-corrected chi connectivity index (χ2v) is 9.13. The number of methoxy groups -OCH3 is 2. The van der Waals surface area contributed by atoms with Crippen LogP contribution in [0.4, 0.5) is 5.00 Å². The Morgan fingerprint density at radius 2 is 2.03 bits per heavy atom. The molecule has 0 saturated carbocycles. The fourth-order valence-corrected chi connectivity index (χ4v) is 5.29. The van der Waals surface area contributed by atoms with Crippen molar-refractivity contribution in [1.82, 2.24) is 4.90 Å². The quantitative estimate of drug-likeness (QED) is 0.719. The molecule has 1 heterocycles. The summed E-state index contributed by atoms with van der Waals surface area (Å²) >= 11 is 1.56. The highest BCUT2D eigenvalue weighted by Gasteiger charge is 2.25. The van der Waals surface area contributed by atoms with E-state index in [9.17, 15) is 10.1 Å². The molecule has 160 valence electrons. The van der Waals surface area contributed by atoms with Gasteiger partial charge in [-0.3, -0.25) is 9.69 Å². The third-order valence-electron chi connectivity index (χ3n) is 5.57. The first-order chi connectivity index (χ1) is 14.4. The van der Waals surface area contributed by atoms with Crippen LogP contribution in [0.3, 0.4) is 0 Å². The molecule has 3 rings (SSSR count). The molecule has 1 aromatic heterocycles. The number of nitrogens with one attached hydrogen (secondary N) is 1. The molecule has 1 aromatic carbocycles. The van der Waals surface area contributed by atoms with E-state index in [4.69, 9.17) is 9.47 Å². The molecular formula is C23H29N3O3S. The number of hydrogen-bond donors (Lipinski definition) is 1. The number of carbonyl (C=O) groups excluding carboxylic acids is 1. The van der Waals surface area contributed by atoms with Crippen molar-refractivity contribution >= 4 is 22.2 Å². The maximum absolute atomic E-state index is 12.7. The van der Waals surface area contributed by atoms with Crippen molar-refractivity contribution in [2.45, 2.75) is 39.7 Å². The third kappa shape index (κ3) is 4.77. The maximum Gasteiger partial charge on any atom is 0.239 e. The van der Waals surface area contributed by atoms with E-state index >= 15 is 0 Å². The van der Waals surface area contributed by atoms with Crippen LogP contribution in [0.1, 0.15) is 40.5 Å². The first-order valence-electron chi connectivity index (χ1n) is 10.1. The van der Waals surface area contributed by atoms with Crippen molar-refractivity contribution in [1.29, 1.82) is 5.26 Å². The highest BCUT2D eigenvalue weighted by atomic mass is 32.1. The number of aryl methyl sites for hydroxylation is 1. The average molecular weight is 428 g/mol. The highest BCUT2D eigenvalue weighted by molar-refractivity contribution is 7.16. The van der Waals surface area contributed by atoms with E-state index in [1.54, 1.807) is 25.6 Å². The summed E-state index contributed by atoms with van der Waals surface area (Å²) in [6, 6.07) is 6.20. The first kappa shape index (κ1) is 22.1. The van der Waals surface area contributed by atoms with Gasteiger partial charge in [-0.25, -0.2) is 0 Å².